The second-order valence-electron chi connectivity index (χ2n) is 6.92. The quantitative estimate of drug-likeness (QED) is 0.852. The summed E-state index contributed by atoms with van der Waals surface area (Å²) in [5, 5.41) is 13.2. The number of rotatable bonds is 3. The highest BCUT2D eigenvalue weighted by Gasteiger charge is 2.23. The number of nitrogens with zero attached hydrogens (tertiary/aromatic N) is 6. The van der Waals surface area contributed by atoms with Gasteiger partial charge in [0.25, 0.3) is 0 Å². The second kappa shape index (κ2) is 6.82. The van der Waals surface area contributed by atoms with Gasteiger partial charge in [-0.15, -0.1) is 10.2 Å². The molecule has 0 aliphatic carbocycles. The van der Waals surface area contributed by atoms with Crippen molar-refractivity contribution in [1.29, 1.82) is 0 Å². The van der Waals surface area contributed by atoms with Crippen molar-refractivity contribution in [1.82, 2.24) is 24.9 Å². The largest absolute Gasteiger partial charge is 0.352 e. The Morgan fingerprint density at radius 2 is 1.60 bits per heavy atom. The Hall–Kier alpha value is -2.44. The van der Waals surface area contributed by atoms with E-state index in [1.807, 2.05) is 49.4 Å². The van der Waals surface area contributed by atoms with Gasteiger partial charge in [-0.3, -0.25) is 4.79 Å². The molecule has 25 heavy (non-hydrogen) atoms. The van der Waals surface area contributed by atoms with Gasteiger partial charge in [-0.25, -0.2) is 4.68 Å². The summed E-state index contributed by atoms with van der Waals surface area (Å²) in [4.78, 5) is 16.2. The van der Waals surface area contributed by atoms with Crippen LogP contribution >= 0.6 is 0 Å². The summed E-state index contributed by atoms with van der Waals surface area (Å²) in [5.41, 5.74) is 3.27. The van der Waals surface area contributed by atoms with Crippen LogP contribution < -0.4 is 4.90 Å². The number of aryl methyl sites for hydroxylation is 1. The van der Waals surface area contributed by atoms with E-state index < -0.39 is 0 Å². The third kappa shape index (κ3) is 3.36. The lowest BCUT2D eigenvalue weighted by Crippen LogP contribution is -2.50. The number of carbonyl (C=O) groups is 1. The zero-order valence-electron chi connectivity index (χ0n) is 15.7. The summed E-state index contributed by atoms with van der Waals surface area (Å²) in [6.07, 6.45) is 0. The van der Waals surface area contributed by atoms with E-state index in [0.29, 0.717) is 0 Å². The smallest absolute Gasteiger partial charge is 0.225 e. The van der Waals surface area contributed by atoms with E-state index in [-0.39, 0.29) is 11.8 Å². The maximum Gasteiger partial charge on any atom is 0.225 e. The summed E-state index contributed by atoms with van der Waals surface area (Å²) >= 11 is 0. The highest BCUT2D eigenvalue weighted by molar-refractivity contribution is 5.78. The molecule has 1 fully saturated rings. The lowest BCUT2D eigenvalue weighted by Gasteiger charge is -2.36. The van der Waals surface area contributed by atoms with Crippen molar-refractivity contribution in [3.63, 3.8) is 0 Å². The Bertz CT molecular complexity index is 757. The molecule has 0 unspecified atom stereocenters. The Balaban J connectivity index is 1.69. The monoisotopic (exact) mass is 342 g/mol. The summed E-state index contributed by atoms with van der Waals surface area (Å²) in [6, 6.07) is 3.93. The van der Waals surface area contributed by atoms with Crippen LogP contribution in [0.4, 0.5) is 5.82 Å². The molecule has 2 aromatic heterocycles. The van der Waals surface area contributed by atoms with E-state index in [2.05, 4.69) is 27.1 Å². The Morgan fingerprint density at radius 1 is 1.00 bits per heavy atom. The van der Waals surface area contributed by atoms with Crippen LogP contribution in [0.2, 0.25) is 0 Å². The molecule has 1 aliphatic rings. The second-order valence-corrected chi connectivity index (χ2v) is 6.92. The van der Waals surface area contributed by atoms with E-state index in [1.54, 1.807) is 0 Å². The van der Waals surface area contributed by atoms with Crippen molar-refractivity contribution in [2.24, 2.45) is 5.92 Å². The Kier molecular flexibility index (Phi) is 4.74. The molecule has 3 rings (SSSR count). The lowest BCUT2D eigenvalue weighted by atomic mass is 10.1. The number of hydrogen-bond acceptors (Lipinski definition) is 5. The van der Waals surface area contributed by atoms with Crippen LogP contribution in [-0.4, -0.2) is 57.0 Å². The molecule has 0 saturated carbocycles. The van der Waals surface area contributed by atoms with Gasteiger partial charge < -0.3 is 9.80 Å². The van der Waals surface area contributed by atoms with E-state index >= 15 is 0 Å². The fourth-order valence-corrected chi connectivity index (χ4v) is 3.06. The fourth-order valence-electron chi connectivity index (χ4n) is 3.06. The van der Waals surface area contributed by atoms with Crippen LogP contribution in [0.25, 0.3) is 5.82 Å². The van der Waals surface area contributed by atoms with Crippen molar-refractivity contribution < 1.29 is 4.79 Å². The van der Waals surface area contributed by atoms with Crippen LogP contribution in [0.1, 0.15) is 30.8 Å². The minimum atomic E-state index is 0.0508. The fraction of sp³-hybridized carbons (Fsp3) is 0.556. The normalized spacial score (nSPS) is 15.1. The first-order valence-electron chi connectivity index (χ1n) is 8.79. The number of amides is 1. The van der Waals surface area contributed by atoms with E-state index in [0.717, 1.165) is 49.2 Å². The molecule has 0 atom stereocenters. The molecule has 2 aromatic rings. The van der Waals surface area contributed by atoms with Crippen LogP contribution in [0.3, 0.4) is 0 Å². The van der Waals surface area contributed by atoms with Gasteiger partial charge in [0.1, 0.15) is 0 Å². The minimum Gasteiger partial charge on any atom is -0.352 e. The Morgan fingerprint density at radius 3 is 2.08 bits per heavy atom. The van der Waals surface area contributed by atoms with Gasteiger partial charge in [-0.2, -0.15) is 5.10 Å². The summed E-state index contributed by atoms with van der Waals surface area (Å²) in [7, 11) is 0. The zero-order valence-corrected chi connectivity index (χ0v) is 15.7. The topological polar surface area (TPSA) is 67.2 Å². The van der Waals surface area contributed by atoms with Crippen LogP contribution in [0.15, 0.2) is 12.1 Å². The van der Waals surface area contributed by atoms with Crippen molar-refractivity contribution in [3.8, 4) is 5.82 Å². The van der Waals surface area contributed by atoms with Crippen molar-refractivity contribution in [3.05, 3.63) is 29.1 Å². The minimum absolute atomic E-state index is 0.0508. The maximum absolute atomic E-state index is 12.1. The van der Waals surface area contributed by atoms with Gasteiger partial charge in [0.2, 0.25) is 5.91 Å². The van der Waals surface area contributed by atoms with Gasteiger partial charge in [0, 0.05) is 37.8 Å². The number of hydrogen-bond donors (Lipinski definition) is 0. The van der Waals surface area contributed by atoms with E-state index in [9.17, 15) is 4.79 Å². The van der Waals surface area contributed by atoms with Crippen LogP contribution in [-0.2, 0) is 4.79 Å². The number of carbonyl (C=O) groups excluding carboxylic acids is 1. The SMILES string of the molecule is Cc1nn(-c2ccc(N3CCN(C(=O)C(C)C)CC3)nn2)c(C)c1C. The van der Waals surface area contributed by atoms with Gasteiger partial charge in [-0.05, 0) is 38.5 Å². The third-order valence-corrected chi connectivity index (χ3v) is 4.92. The van der Waals surface area contributed by atoms with Crippen molar-refractivity contribution in [2.45, 2.75) is 34.6 Å². The molecule has 3 heterocycles. The molecule has 0 bridgehead atoms. The van der Waals surface area contributed by atoms with Gasteiger partial charge in [0.05, 0.1) is 5.69 Å². The molecule has 7 heteroatoms. The highest BCUT2D eigenvalue weighted by atomic mass is 16.2. The molecular formula is C18H26N6O. The van der Waals surface area contributed by atoms with Crippen molar-refractivity contribution in [2.75, 3.05) is 31.1 Å². The zero-order chi connectivity index (χ0) is 18.1. The standard InChI is InChI=1S/C18H26N6O/c1-12(2)18(25)23-10-8-22(9-11-23)16-6-7-17(20-19-16)24-15(5)13(3)14(4)21-24/h6-7,12H,8-11H2,1-5H3. The average Bonchev–Trinajstić information content (AvgIpc) is 2.89. The number of anilines is 1. The number of aromatic nitrogens is 4. The maximum atomic E-state index is 12.1. The van der Waals surface area contributed by atoms with Gasteiger partial charge >= 0.3 is 0 Å². The third-order valence-electron chi connectivity index (χ3n) is 4.92. The predicted octanol–water partition coefficient (Wildman–Crippen LogP) is 1.89. The first kappa shape index (κ1) is 17.4. The molecule has 134 valence electrons. The first-order chi connectivity index (χ1) is 11.9. The first-order valence-corrected chi connectivity index (χ1v) is 8.79. The molecule has 1 saturated heterocycles. The molecule has 7 nitrogen and oxygen atoms in total. The predicted molar refractivity (Wildman–Crippen MR) is 97.0 cm³/mol. The Labute approximate surface area is 148 Å². The molecule has 0 radical (unpaired) electrons. The van der Waals surface area contributed by atoms with Gasteiger partial charge in [0.15, 0.2) is 11.6 Å². The lowest BCUT2D eigenvalue weighted by molar-refractivity contribution is -0.134. The van der Waals surface area contributed by atoms with E-state index in [4.69, 9.17) is 0 Å². The van der Waals surface area contributed by atoms with Gasteiger partial charge in [-0.1, -0.05) is 13.8 Å². The molecule has 0 spiro atoms. The molecule has 0 N–H and O–H groups in total. The molecular weight excluding hydrogens is 316 g/mol. The summed E-state index contributed by atoms with van der Waals surface area (Å²) in [6.45, 7) is 13.0. The molecule has 1 amide bonds. The van der Waals surface area contributed by atoms with Crippen LogP contribution in [0.5, 0.6) is 0 Å². The summed E-state index contributed by atoms with van der Waals surface area (Å²) in [5.74, 6) is 1.85. The van der Waals surface area contributed by atoms with Crippen molar-refractivity contribution >= 4 is 11.7 Å². The number of piperazine rings is 1. The molecule has 1 aliphatic heterocycles. The van der Waals surface area contributed by atoms with E-state index in [1.165, 1.54) is 5.56 Å². The van der Waals surface area contributed by atoms with Crippen LogP contribution in [0, 0.1) is 26.7 Å². The summed E-state index contributed by atoms with van der Waals surface area (Å²) < 4.78 is 1.83. The molecule has 0 aromatic carbocycles. The average molecular weight is 342 g/mol. The highest BCUT2D eigenvalue weighted by Crippen LogP contribution is 2.18.